The highest BCUT2D eigenvalue weighted by Gasteiger charge is 2.22. The van der Waals surface area contributed by atoms with Gasteiger partial charge in [-0.05, 0) is 25.1 Å². The summed E-state index contributed by atoms with van der Waals surface area (Å²) in [6.45, 7) is 3.84. The number of hydrogen-bond donors (Lipinski definition) is 1. The van der Waals surface area contributed by atoms with E-state index in [1.807, 2.05) is 11.8 Å². The van der Waals surface area contributed by atoms with Gasteiger partial charge in [-0.3, -0.25) is 4.79 Å². The van der Waals surface area contributed by atoms with Gasteiger partial charge in [-0.1, -0.05) is 0 Å². The van der Waals surface area contributed by atoms with Crippen LogP contribution in [0.3, 0.4) is 0 Å². The van der Waals surface area contributed by atoms with Crippen molar-refractivity contribution in [2.24, 2.45) is 0 Å². The standard InChI is InChI=1S/C12H14N4O2/c1-8-7-16(4-5-18-8)12(17)9-2-3-10-11(6-9)14-15-13-10/h2-3,6,8H,4-5,7H2,1H3,(H,13,14,15)/t8-/m0/s1. The van der Waals surface area contributed by atoms with Crippen molar-refractivity contribution in [3.63, 3.8) is 0 Å². The van der Waals surface area contributed by atoms with E-state index in [1.54, 1.807) is 18.2 Å². The molecule has 6 heteroatoms. The second-order valence-electron chi connectivity index (χ2n) is 4.46. The average Bonchev–Trinajstić information content (AvgIpc) is 2.85. The summed E-state index contributed by atoms with van der Waals surface area (Å²) in [7, 11) is 0. The quantitative estimate of drug-likeness (QED) is 0.808. The van der Waals surface area contributed by atoms with Gasteiger partial charge in [0, 0.05) is 18.7 Å². The number of morpholine rings is 1. The first-order valence-electron chi connectivity index (χ1n) is 5.95. The highest BCUT2D eigenvalue weighted by molar-refractivity contribution is 5.97. The second kappa shape index (κ2) is 4.38. The summed E-state index contributed by atoms with van der Waals surface area (Å²) >= 11 is 0. The number of nitrogens with zero attached hydrogens (tertiary/aromatic N) is 3. The highest BCUT2D eigenvalue weighted by atomic mass is 16.5. The summed E-state index contributed by atoms with van der Waals surface area (Å²) in [4.78, 5) is 14.1. The van der Waals surface area contributed by atoms with Crippen LogP contribution in [-0.2, 0) is 4.74 Å². The summed E-state index contributed by atoms with van der Waals surface area (Å²) < 4.78 is 5.43. The van der Waals surface area contributed by atoms with Gasteiger partial charge in [0.15, 0.2) is 0 Å². The van der Waals surface area contributed by atoms with Crippen LogP contribution in [0.5, 0.6) is 0 Å². The third-order valence-electron chi connectivity index (χ3n) is 3.09. The number of hydrogen-bond acceptors (Lipinski definition) is 4. The average molecular weight is 246 g/mol. The molecule has 0 saturated carbocycles. The van der Waals surface area contributed by atoms with Crippen molar-refractivity contribution in [2.75, 3.05) is 19.7 Å². The summed E-state index contributed by atoms with van der Waals surface area (Å²) in [6, 6.07) is 5.35. The molecular weight excluding hydrogens is 232 g/mol. The molecule has 1 N–H and O–H groups in total. The number of benzene rings is 1. The van der Waals surface area contributed by atoms with E-state index < -0.39 is 0 Å². The Kier molecular flexibility index (Phi) is 2.71. The van der Waals surface area contributed by atoms with Crippen LogP contribution in [0.25, 0.3) is 11.0 Å². The van der Waals surface area contributed by atoms with Crippen LogP contribution < -0.4 is 0 Å². The third kappa shape index (κ3) is 1.95. The zero-order valence-electron chi connectivity index (χ0n) is 10.1. The van der Waals surface area contributed by atoms with Gasteiger partial charge in [-0.2, -0.15) is 15.4 Å². The molecule has 1 amide bonds. The lowest BCUT2D eigenvalue weighted by Crippen LogP contribution is -2.44. The Balaban J connectivity index is 1.86. The van der Waals surface area contributed by atoms with Crippen LogP contribution in [-0.4, -0.2) is 52.0 Å². The molecule has 3 rings (SSSR count). The van der Waals surface area contributed by atoms with Crippen molar-refractivity contribution in [2.45, 2.75) is 13.0 Å². The Morgan fingerprint density at radius 2 is 2.28 bits per heavy atom. The molecule has 0 spiro atoms. The van der Waals surface area contributed by atoms with Crippen LogP contribution in [0.4, 0.5) is 0 Å². The van der Waals surface area contributed by atoms with Crippen molar-refractivity contribution in [3.8, 4) is 0 Å². The number of aromatic nitrogens is 3. The van der Waals surface area contributed by atoms with Crippen molar-refractivity contribution in [3.05, 3.63) is 23.8 Å². The van der Waals surface area contributed by atoms with Crippen molar-refractivity contribution in [1.82, 2.24) is 20.3 Å². The van der Waals surface area contributed by atoms with Crippen molar-refractivity contribution < 1.29 is 9.53 Å². The number of carbonyl (C=O) groups is 1. The zero-order chi connectivity index (χ0) is 12.5. The molecule has 6 nitrogen and oxygen atoms in total. The van der Waals surface area contributed by atoms with E-state index in [1.165, 1.54) is 0 Å². The summed E-state index contributed by atoms with van der Waals surface area (Å²) in [5, 5.41) is 10.5. The van der Waals surface area contributed by atoms with Gasteiger partial charge in [-0.15, -0.1) is 0 Å². The maximum absolute atomic E-state index is 12.3. The molecule has 2 aromatic rings. The topological polar surface area (TPSA) is 71.1 Å². The van der Waals surface area contributed by atoms with Crippen LogP contribution in [0.1, 0.15) is 17.3 Å². The van der Waals surface area contributed by atoms with Crippen LogP contribution in [0, 0.1) is 0 Å². The molecule has 18 heavy (non-hydrogen) atoms. The molecule has 1 saturated heterocycles. The van der Waals surface area contributed by atoms with Crippen LogP contribution in [0.15, 0.2) is 18.2 Å². The molecule has 94 valence electrons. The molecule has 0 unspecified atom stereocenters. The van der Waals surface area contributed by atoms with E-state index in [2.05, 4.69) is 15.4 Å². The SMILES string of the molecule is C[C@H]1CN(C(=O)c2ccc3n[nH]nc3c2)CCO1. The predicted molar refractivity (Wildman–Crippen MR) is 65.2 cm³/mol. The van der Waals surface area contributed by atoms with Gasteiger partial charge in [0.25, 0.3) is 5.91 Å². The van der Waals surface area contributed by atoms with E-state index in [-0.39, 0.29) is 12.0 Å². The van der Waals surface area contributed by atoms with Crippen molar-refractivity contribution in [1.29, 1.82) is 0 Å². The zero-order valence-corrected chi connectivity index (χ0v) is 10.1. The first-order chi connectivity index (χ1) is 8.74. The van der Waals surface area contributed by atoms with E-state index in [0.717, 1.165) is 5.52 Å². The van der Waals surface area contributed by atoms with E-state index >= 15 is 0 Å². The first kappa shape index (κ1) is 11.2. The molecule has 1 aromatic heterocycles. The number of carbonyl (C=O) groups excluding carboxylic acids is 1. The lowest BCUT2D eigenvalue weighted by atomic mass is 10.1. The molecule has 1 atom stereocenters. The number of fused-ring (bicyclic) bond motifs is 1. The van der Waals surface area contributed by atoms with Crippen LogP contribution in [0.2, 0.25) is 0 Å². The Hall–Kier alpha value is -1.95. The van der Waals surface area contributed by atoms with Gasteiger partial charge in [0.05, 0.1) is 12.7 Å². The minimum atomic E-state index is 0.0232. The lowest BCUT2D eigenvalue weighted by Gasteiger charge is -2.31. The van der Waals surface area contributed by atoms with Crippen LogP contribution >= 0.6 is 0 Å². The fraction of sp³-hybridized carbons (Fsp3) is 0.417. The molecular formula is C12H14N4O2. The number of aromatic amines is 1. The van der Waals surface area contributed by atoms with Gasteiger partial charge in [0.1, 0.15) is 11.0 Å². The molecule has 1 aromatic carbocycles. The molecule has 0 bridgehead atoms. The largest absolute Gasteiger partial charge is 0.375 e. The number of rotatable bonds is 1. The number of ether oxygens (including phenoxy) is 1. The monoisotopic (exact) mass is 246 g/mol. The Morgan fingerprint density at radius 3 is 3.11 bits per heavy atom. The fourth-order valence-corrected chi connectivity index (χ4v) is 2.16. The lowest BCUT2D eigenvalue weighted by molar-refractivity contribution is -0.0124. The van der Waals surface area contributed by atoms with Crippen molar-refractivity contribution >= 4 is 16.9 Å². The minimum absolute atomic E-state index is 0.0232. The molecule has 0 aliphatic carbocycles. The predicted octanol–water partition coefficient (Wildman–Crippen LogP) is 0.819. The van der Waals surface area contributed by atoms with E-state index in [4.69, 9.17) is 4.74 Å². The Bertz CT molecular complexity index is 580. The molecule has 1 aliphatic heterocycles. The molecule has 1 fully saturated rings. The smallest absolute Gasteiger partial charge is 0.254 e. The number of nitrogens with one attached hydrogen (secondary N) is 1. The molecule has 0 radical (unpaired) electrons. The van der Waals surface area contributed by atoms with Gasteiger partial charge < -0.3 is 9.64 Å². The first-order valence-corrected chi connectivity index (χ1v) is 5.95. The third-order valence-corrected chi connectivity index (χ3v) is 3.09. The normalized spacial score (nSPS) is 20.3. The maximum Gasteiger partial charge on any atom is 0.254 e. The number of amides is 1. The Morgan fingerprint density at radius 1 is 1.44 bits per heavy atom. The van der Waals surface area contributed by atoms with Gasteiger partial charge >= 0.3 is 0 Å². The molecule has 1 aliphatic rings. The van der Waals surface area contributed by atoms with E-state index in [9.17, 15) is 4.79 Å². The summed E-state index contributed by atoms with van der Waals surface area (Å²) in [5.41, 5.74) is 2.12. The Labute approximate surface area is 104 Å². The second-order valence-corrected chi connectivity index (χ2v) is 4.46. The van der Waals surface area contributed by atoms with Gasteiger partial charge in [0.2, 0.25) is 0 Å². The summed E-state index contributed by atoms with van der Waals surface area (Å²) in [5.74, 6) is 0.0232. The van der Waals surface area contributed by atoms with E-state index in [0.29, 0.717) is 30.8 Å². The highest BCUT2D eigenvalue weighted by Crippen LogP contribution is 2.14. The fourth-order valence-electron chi connectivity index (χ4n) is 2.16. The minimum Gasteiger partial charge on any atom is -0.375 e. The maximum atomic E-state index is 12.3. The van der Waals surface area contributed by atoms with Gasteiger partial charge in [-0.25, -0.2) is 0 Å². The summed E-state index contributed by atoms with van der Waals surface area (Å²) in [6.07, 6.45) is 0.0958. The number of H-pyrrole nitrogens is 1. The molecule has 2 heterocycles.